The smallest absolute Gasteiger partial charge is 0.119 e. The summed E-state index contributed by atoms with van der Waals surface area (Å²) in [5, 5.41) is 3.60. The van der Waals surface area contributed by atoms with Gasteiger partial charge in [0.2, 0.25) is 0 Å². The van der Waals surface area contributed by atoms with Gasteiger partial charge in [0.1, 0.15) is 5.75 Å². The first-order valence-electron chi connectivity index (χ1n) is 6.65. The quantitative estimate of drug-likeness (QED) is 0.772. The van der Waals surface area contributed by atoms with Crippen molar-refractivity contribution in [1.82, 2.24) is 5.32 Å². The minimum atomic E-state index is 0.382. The van der Waals surface area contributed by atoms with Crippen molar-refractivity contribution in [2.75, 3.05) is 18.6 Å². The van der Waals surface area contributed by atoms with Crippen molar-refractivity contribution >= 4 is 11.8 Å². The van der Waals surface area contributed by atoms with Gasteiger partial charge >= 0.3 is 0 Å². The fourth-order valence-corrected chi connectivity index (χ4v) is 2.49. The van der Waals surface area contributed by atoms with E-state index in [0.29, 0.717) is 12.1 Å². The molecule has 0 radical (unpaired) electrons. The van der Waals surface area contributed by atoms with Crippen LogP contribution in [-0.4, -0.2) is 24.7 Å². The first kappa shape index (κ1) is 15.4. The van der Waals surface area contributed by atoms with Crippen LogP contribution >= 0.6 is 11.8 Å². The molecule has 0 heterocycles. The van der Waals surface area contributed by atoms with Gasteiger partial charge in [0.05, 0.1) is 6.61 Å². The van der Waals surface area contributed by atoms with E-state index in [1.54, 1.807) is 0 Å². The SMILES string of the molecule is CCCOc1ccc(C(C)NC(C)CSC)cc1. The molecule has 1 aromatic rings. The van der Waals surface area contributed by atoms with Gasteiger partial charge in [0.25, 0.3) is 0 Å². The molecule has 102 valence electrons. The van der Waals surface area contributed by atoms with Crippen LogP contribution < -0.4 is 10.1 Å². The molecule has 0 fully saturated rings. The first-order chi connectivity index (χ1) is 8.67. The largest absolute Gasteiger partial charge is 0.494 e. The number of rotatable bonds is 8. The van der Waals surface area contributed by atoms with Crippen molar-refractivity contribution < 1.29 is 4.74 Å². The number of benzene rings is 1. The van der Waals surface area contributed by atoms with Crippen LogP contribution in [0.3, 0.4) is 0 Å². The van der Waals surface area contributed by atoms with Crippen molar-refractivity contribution in [3.63, 3.8) is 0 Å². The minimum Gasteiger partial charge on any atom is -0.494 e. The molecular formula is C15H25NOS. The van der Waals surface area contributed by atoms with Gasteiger partial charge in [0, 0.05) is 17.8 Å². The Kier molecular flexibility index (Phi) is 7.21. The van der Waals surface area contributed by atoms with Gasteiger partial charge in [-0.05, 0) is 44.2 Å². The Morgan fingerprint density at radius 2 is 1.89 bits per heavy atom. The molecule has 0 aromatic heterocycles. The van der Waals surface area contributed by atoms with E-state index in [2.05, 4.69) is 56.6 Å². The average molecular weight is 267 g/mol. The lowest BCUT2D eigenvalue weighted by Crippen LogP contribution is -2.30. The maximum absolute atomic E-state index is 5.59. The second kappa shape index (κ2) is 8.44. The van der Waals surface area contributed by atoms with Crippen LogP contribution in [0.1, 0.15) is 38.8 Å². The van der Waals surface area contributed by atoms with Gasteiger partial charge < -0.3 is 10.1 Å². The molecule has 0 aliphatic carbocycles. The van der Waals surface area contributed by atoms with Gasteiger partial charge in [-0.15, -0.1) is 0 Å². The lowest BCUT2D eigenvalue weighted by atomic mass is 10.1. The third-order valence-corrected chi connectivity index (χ3v) is 3.64. The fraction of sp³-hybridized carbons (Fsp3) is 0.600. The van der Waals surface area contributed by atoms with Crippen molar-refractivity contribution in [2.45, 2.75) is 39.3 Å². The standard InChI is InChI=1S/C15H25NOS/c1-5-10-17-15-8-6-14(7-9-15)13(3)16-12(2)11-18-4/h6-9,12-13,16H,5,10-11H2,1-4H3. The van der Waals surface area contributed by atoms with Crippen LogP contribution in [0, 0.1) is 0 Å². The predicted molar refractivity (Wildman–Crippen MR) is 81.6 cm³/mol. The summed E-state index contributed by atoms with van der Waals surface area (Å²) in [6, 6.07) is 9.33. The fourth-order valence-electron chi connectivity index (χ4n) is 1.89. The number of ether oxygens (including phenoxy) is 1. The van der Waals surface area contributed by atoms with E-state index in [0.717, 1.165) is 24.5 Å². The molecule has 0 saturated carbocycles. The molecule has 2 unspecified atom stereocenters. The van der Waals surface area contributed by atoms with Crippen LogP contribution in [0.5, 0.6) is 5.75 Å². The van der Waals surface area contributed by atoms with Gasteiger partial charge in [0.15, 0.2) is 0 Å². The summed E-state index contributed by atoms with van der Waals surface area (Å²) < 4.78 is 5.59. The Morgan fingerprint density at radius 1 is 1.22 bits per heavy atom. The van der Waals surface area contributed by atoms with E-state index >= 15 is 0 Å². The normalized spacial score (nSPS) is 14.2. The molecule has 18 heavy (non-hydrogen) atoms. The maximum atomic E-state index is 5.59. The van der Waals surface area contributed by atoms with E-state index in [-0.39, 0.29) is 0 Å². The van der Waals surface area contributed by atoms with E-state index in [9.17, 15) is 0 Å². The Hall–Kier alpha value is -0.670. The van der Waals surface area contributed by atoms with Crippen molar-refractivity contribution in [3.8, 4) is 5.75 Å². The van der Waals surface area contributed by atoms with E-state index in [1.807, 2.05) is 11.8 Å². The lowest BCUT2D eigenvalue weighted by Gasteiger charge is -2.20. The highest BCUT2D eigenvalue weighted by atomic mass is 32.2. The van der Waals surface area contributed by atoms with E-state index in [4.69, 9.17) is 4.74 Å². The summed E-state index contributed by atoms with van der Waals surface area (Å²) >= 11 is 1.88. The minimum absolute atomic E-state index is 0.382. The van der Waals surface area contributed by atoms with Gasteiger partial charge in [-0.25, -0.2) is 0 Å². The molecule has 0 bridgehead atoms. The molecule has 0 saturated heterocycles. The molecule has 3 heteroatoms. The summed E-state index contributed by atoms with van der Waals surface area (Å²) in [6.07, 6.45) is 3.19. The third kappa shape index (κ3) is 5.32. The van der Waals surface area contributed by atoms with Crippen molar-refractivity contribution in [1.29, 1.82) is 0 Å². The highest BCUT2D eigenvalue weighted by Crippen LogP contribution is 2.18. The zero-order valence-corrected chi connectivity index (χ0v) is 12.7. The van der Waals surface area contributed by atoms with Gasteiger partial charge in [-0.2, -0.15) is 11.8 Å². The summed E-state index contributed by atoms with van der Waals surface area (Å²) in [7, 11) is 0. The molecule has 1 N–H and O–H groups in total. The van der Waals surface area contributed by atoms with Crippen LogP contribution in [0.15, 0.2) is 24.3 Å². The molecule has 0 aliphatic rings. The summed E-state index contributed by atoms with van der Waals surface area (Å²) in [5.74, 6) is 2.10. The second-order valence-electron chi connectivity index (χ2n) is 4.66. The molecule has 0 spiro atoms. The maximum Gasteiger partial charge on any atom is 0.119 e. The van der Waals surface area contributed by atoms with E-state index in [1.165, 1.54) is 5.56 Å². The predicted octanol–water partition coefficient (Wildman–Crippen LogP) is 3.88. The molecule has 0 aliphatic heterocycles. The molecule has 1 rings (SSSR count). The van der Waals surface area contributed by atoms with Crippen LogP contribution in [0.4, 0.5) is 0 Å². The summed E-state index contributed by atoms with van der Waals surface area (Å²) in [6.45, 7) is 7.34. The van der Waals surface area contributed by atoms with Gasteiger partial charge in [-0.1, -0.05) is 19.1 Å². The van der Waals surface area contributed by atoms with Crippen LogP contribution in [-0.2, 0) is 0 Å². The highest BCUT2D eigenvalue weighted by molar-refractivity contribution is 7.98. The Labute approximate surface area is 116 Å². The molecule has 2 atom stereocenters. The average Bonchev–Trinajstić information content (AvgIpc) is 2.37. The highest BCUT2D eigenvalue weighted by Gasteiger charge is 2.08. The Bertz CT molecular complexity index is 326. The van der Waals surface area contributed by atoms with E-state index < -0.39 is 0 Å². The topological polar surface area (TPSA) is 21.3 Å². The monoisotopic (exact) mass is 267 g/mol. The Balaban J connectivity index is 2.50. The number of hydrogen-bond donors (Lipinski definition) is 1. The van der Waals surface area contributed by atoms with Crippen LogP contribution in [0.25, 0.3) is 0 Å². The number of hydrogen-bond acceptors (Lipinski definition) is 3. The molecule has 1 aromatic carbocycles. The van der Waals surface area contributed by atoms with Gasteiger partial charge in [-0.3, -0.25) is 0 Å². The lowest BCUT2D eigenvalue weighted by molar-refractivity contribution is 0.317. The Morgan fingerprint density at radius 3 is 2.44 bits per heavy atom. The summed E-state index contributed by atoms with van der Waals surface area (Å²) in [5.41, 5.74) is 1.31. The third-order valence-electron chi connectivity index (χ3n) is 2.80. The second-order valence-corrected chi connectivity index (χ2v) is 5.57. The number of nitrogens with one attached hydrogen (secondary N) is 1. The summed E-state index contributed by atoms with van der Waals surface area (Å²) in [4.78, 5) is 0. The first-order valence-corrected chi connectivity index (χ1v) is 8.04. The zero-order chi connectivity index (χ0) is 13.4. The van der Waals surface area contributed by atoms with Crippen LogP contribution in [0.2, 0.25) is 0 Å². The zero-order valence-electron chi connectivity index (χ0n) is 11.9. The van der Waals surface area contributed by atoms with Crippen molar-refractivity contribution in [2.24, 2.45) is 0 Å². The molecule has 2 nitrogen and oxygen atoms in total. The molecule has 0 amide bonds. The number of thioether (sulfide) groups is 1. The van der Waals surface area contributed by atoms with Crippen molar-refractivity contribution in [3.05, 3.63) is 29.8 Å². The molecular weight excluding hydrogens is 242 g/mol.